The molecule has 0 aliphatic heterocycles. The lowest BCUT2D eigenvalue weighted by molar-refractivity contribution is 0.319. The van der Waals surface area contributed by atoms with Crippen LogP contribution in [0.3, 0.4) is 0 Å². The van der Waals surface area contributed by atoms with Gasteiger partial charge in [0.15, 0.2) is 0 Å². The van der Waals surface area contributed by atoms with Crippen LogP contribution in [0, 0.1) is 0 Å². The van der Waals surface area contributed by atoms with Crippen molar-refractivity contribution in [3.8, 4) is 0 Å². The van der Waals surface area contributed by atoms with E-state index < -0.39 is 9.15 Å². The van der Waals surface area contributed by atoms with E-state index >= 15 is 0 Å². The molecular weight excluding hydrogens is 220 g/mol. The van der Waals surface area contributed by atoms with E-state index in [0.29, 0.717) is 10.8 Å². The van der Waals surface area contributed by atoms with E-state index in [2.05, 4.69) is 6.58 Å². The fraction of sp³-hybridized carbons (Fsp3) is 0.111. The molecule has 0 heterocycles. The molecule has 0 spiro atoms. The normalized spacial score (nSPS) is 11.1. The average molecular weight is 230 g/mol. The van der Waals surface area contributed by atoms with Crippen molar-refractivity contribution < 1.29 is 12.6 Å². The summed E-state index contributed by atoms with van der Waals surface area (Å²) in [4.78, 5) is 0. The lowest BCUT2D eigenvalue weighted by atomic mass is 10.2. The van der Waals surface area contributed by atoms with Gasteiger partial charge in [-0.1, -0.05) is 36.9 Å². The van der Waals surface area contributed by atoms with Gasteiger partial charge in [-0.2, -0.15) is 8.42 Å². The fourth-order valence-corrected chi connectivity index (χ4v) is 2.14. The Balaban J connectivity index is 2.53. The lowest BCUT2D eigenvalue weighted by Crippen LogP contribution is -1.99. The Morgan fingerprint density at radius 1 is 1.36 bits per heavy atom. The Labute approximate surface area is 87.3 Å². The number of hydrogen-bond donors (Lipinski definition) is 0. The first-order chi connectivity index (χ1) is 6.64. The SMILES string of the molecule is C=CSS(=O)(=O)OCc1ccccc1. The topological polar surface area (TPSA) is 43.4 Å². The van der Waals surface area contributed by atoms with E-state index in [1.807, 2.05) is 18.2 Å². The van der Waals surface area contributed by atoms with Crippen LogP contribution in [-0.4, -0.2) is 8.42 Å². The van der Waals surface area contributed by atoms with Crippen molar-refractivity contribution in [3.05, 3.63) is 47.9 Å². The molecule has 0 N–H and O–H groups in total. The second kappa shape index (κ2) is 5.19. The second-order valence-corrected chi connectivity index (χ2v) is 5.80. The molecule has 0 aliphatic carbocycles. The van der Waals surface area contributed by atoms with Gasteiger partial charge in [0.2, 0.25) is 0 Å². The zero-order valence-electron chi connectivity index (χ0n) is 7.42. The van der Waals surface area contributed by atoms with Crippen molar-refractivity contribution in [1.29, 1.82) is 0 Å². The molecule has 3 nitrogen and oxygen atoms in total. The van der Waals surface area contributed by atoms with Gasteiger partial charge >= 0.3 is 9.15 Å². The van der Waals surface area contributed by atoms with Gasteiger partial charge < -0.3 is 0 Å². The minimum atomic E-state index is -3.53. The summed E-state index contributed by atoms with van der Waals surface area (Å²) >= 11 is 0. The van der Waals surface area contributed by atoms with E-state index in [9.17, 15) is 8.42 Å². The van der Waals surface area contributed by atoms with E-state index in [1.54, 1.807) is 12.1 Å². The molecule has 1 rings (SSSR count). The van der Waals surface area contributed by atoms with E-state index in [0.717, 1.165) is 5.56 Å². The zero-order valence-corrected chi connectivity index (χ0v) is 9.05. The fourth-order valence-electron chi connectivity index (χ4n) is 0.826. The molecule has 5 heteroatoms. The Morgan fingerprint density at radius 2 is 2.00 bits per heavy atom. The van der Waals surface area contributed by atoms with Crippen LogP contribution >= 0.6 is 10.8 Å². The number of benzene rings is 1. The van der Waals surface area contributed by atoms with Crippen LogP contribution < -0.4 is 0 Å². The van der Waals surface area contributed by atoms with Crippen LogP contribution in [0.5, 0.6) is 0 Å². The summed E-state index contributed by atoms with van der Waals surface area (Å²) < 4.78 is 26.9. The van der Waals surface area contributed by atoms with Gasteiger partial charge in [-0.25, -0.2) is 0 Å². The van der Waals surface area contributed by atoms with Crippen molar-refractivity contribution in [2.24, 2.45) is 0 Å². The summed E-state index contributed by atoms with van der Waals surface area (Å²) in [7, 11) is -2.96. The van der Waals surface area contributed by atoms with Crippen molar-refractivity contribution in [2.45, 2.75) is 6.61 Å². The van der Waals surface area contributed by atoms with Crippen LogP contribution in [-0.2, 0) is 19.9 Å². The Kier molecular flexibility index (Phi) is 4.19. The maximum Gasteiger partial charge on any atom is 0.326 e. The van der Waals surface area contributed by atoms with E-state index in [-0.39, 0.29) is 6.61 Å². The minimum absolute atomic E-state index is 0.0595. The highest BCUT2D eigenvalue weighted by Gasteiger charge is 2.09. The molecule has 0 aromatic heterocycles. The molecule has 0 unspecified atom stereocenters. The molecule has 14 heavy (non-hydrogen) atoms. The molecule has 0 amide bonds. The molecule has 76 valence electrons. The average Bonchev–Trinajstić information content (AvgIpc) is 2.17. The summed E-state index contributed by atoms with van der Waals surface area (Å²) in [5, 5.41) is 1.22. The van der Waals surface area contributed by atoms with Gasteiger partial charge in [-0.05, 0) is 11.0 Å². The maximum absolute atomic E-state index is 11.1. The predicted octanol–water partition coefficient (Wildman–Crippen LogP) is 2.32. The molecule has 0 aliphatic rings. The molecule has 1 aromatic rings. The smallest absolute Gasteiger partial charge is 0.257 e. The van der Waals surface area contributed by atoms with E-state index in [4.69, 9.17) is 4.18 Å². The Bertz CT molecular complexity index is 384. The highest BCUT2D eigenvalue weighted by Crippen LogP contribution is 2.16. The molecule has 0 radical (unpaired) electrons. The Morgan fingerprint density at radius 3 is 2.57 bits per heavy atom. The predicted molar refractivity (Wildman–Crippen MR) is 57.9 cm³/mol. The standard InChI is InChI=1S/C9H10O3S2/c1-2-13-14(10,11)12-8-9-6-4-3-5-7-9/h2-7H,1,8H2. The molecule has 0 atom stereocenters. The van der Waals surface area contributed by atoms with Crippen molar-refractivity contribution in [1.82, 2.24) is 0 Å². The summed E-state index contributed by atoms with van der Waals surface area (Å²) in [5.74, 6) is 0. The monoisotopic (exact) mass is 230 g/mol. The van der Waals surface area contributed by atoms with Crippen molar-refractivity contribution in [3.63, 3.8) is 0 Å². The molecule has 0 fully saturated rings. The molecule has 0 saturated heterocycles. The zero-order chi connectivity index (χ0) is 10.4. The summed E-state index contributed by atoms with van der Waals surface area (Å²) in [6.07, 6.45) is 0. The van der Waals surface area contributed by atoms with Crippen LogP contribution in [0.25, 0.3) is 0 Å². The van der Waals surface area contributed by atoms with Crippen molar-refractivity contribution in [2.75, 3.05) is 0 Å². The largest absolute Gasteiger partial charge is 0.326 e. The maximum atomic E-state index is 11.1. The molecule has 1 aromatic carbocycles. The number of rotatable bonds is 5. The van der Waals surface area contributed by atoms with Gasteiger partial charge in [0.05, 0.1) is 6.61 Å². The van der Waals surface area contributed by atoms with Gasteiger partial charge in [0.1, 0.15) is 0 Å². The van der Waals surface area contributed by atoms with Gasteiger partial charge in [0.25, 0.3) is 0 Å². The minimum Gasteiger partial charge on any atom is -0.257 e. The lowest BCUT2D eigenvalue weighted by Gasteiger charge is -2.01. The first-order valence-electron chi connectivity index (χ1n) is 3.86. The highest BCUT2D eigenvalue weighted by molar-refractivity contribution is 8.71. The first kappa shape index (κ1) is 11.3. The van der Waals surface area contributed by atoms with Crippen molar-refractivity contribution >= 4 is 19.9 Å². The van der Waals surface area contributed by atoms with Gasteiger partial charge in [-0.15, -0.1) is 0 Å². The molecule has 0 saturated carbocycles. The van der Waals surface area contributed by atoms with Crippen LogP contribution in [0.2, 0.25) is 0 Å². The third-order valence-electron chi connectivity index (χ3n) is 1.40. The highest BCUT2D eigenvalue weighted by atomic mass is 33.1. The summed E-state index contributed by atoms with van der Waals surface area (Å²) in [6, 6.07) is 9.11. The van der Waals surface area contributed by atoms with E-state index in [1.165, 1.54) is 5.41 Å². The third-order valence-corrected chi connectivity index (χ3v) is 3.58. The molecule has 0 bridgehead atoms. The number of hydrogen-bond acceptors (Lipinski definition) is 4. The van der Waals surface area contributed by atoms with Crippen LogP contribution in [0.1, 0.15) is 5.56 Å². The molecular formula is C9H10O3S2. The second-order valence-electron chi connectivity index (χ2n) is 2.42. The quantitative estimate of drug-likeness (QED) is 0.728. The summed E-state index contributed by atoms with van der Waals surface area (Å²) in [5.41, 5.74) is 0.820. The van der Waals surface area contributed by atoms with Crippen LogP contribution in [0.15, 0.2) is 42.3 Å². The first-order valence-corrected chi connectivity index (χ1v) is 6.67. The Hall–Kier alpha value is -0.780. The third kappa shape index (κ3) is 3.95. The van der Waals surface area contributed by atoms with Crippen LogP contribution in [0.4, 0.5) is 0 Å². The summed E-state index contributed by atoms with van der Waals surface area (Å²) in [6.45, 7) is 3.36. The van der Waals surface area contributed by atoms with Gasteiger partial charge in [-0.3, -0.25) is 4.18 Å². The van der Waals surface area contributed by atoms with Gasteiger partial charge in [0, 0.05) is 10.8 Å².